The molecule has 0 saturated carbocycles. The van der Waals surface area contributed by atoms with Crippen LogP contribution in [0.2, 0.25) is 5.02 Å². The second-order valence-corrected chi connectivity index (χ2v) is 8.90. The predicted molar refractivity (Wildman–Crippen MR) is 119 cm³/mol. The van der Waals surface area contributed by atoms with Gasteiger partial charge < -0.3 is 9.47 Å². The first-order chi connectivity index (χ1) is 14.8. The number of nitrogens with one attached hydrogen (secondary N) is 1. The van der Waals surface area contributed by atoms with Gasteiger partial charge in [0.25, 0.3) is 0 Å². The van der Waals surface area contributed by atoms with Gasteiger partial charge in [-0.2, -0.15) is 0 Å². The summed E-state index contributed by atoms with van der Waals surface area (Å²) in [4.78, 5) is 12.1. The molecule has 1 N–H and O–H groups in total. The molecule has 0 aliphatic heterocycles. The maximum absolute atomic E-state index is 12.7. The standard InChI is InChI=1S/C23H22ClNO5S/c1-17-7-10-20(11-8-17)29-13-14-30-23(26)19-9-12-21(24)22(15-19)31(27,28)25-16-18-5-3-2-4-6-18/h2-12,15,25H,13-14,16H2,1H3. The van der Waals surface area contributed by atoms with E-state index in [1.165, 1.54) is 18.2 Å². The van der Waals surface area contributed by atoms with Crippen molar-refractivity contribution >= 4 is 27.6 Å². The Morgan fingerprint density at radius 1 is 0.968 bits per heavy atom. The molecule has 0 unspecified atom stereocenters. The van der Waals surface area contributed by atoms with Gasteiger partial charge in [-0.1, -0.05) is 59.6 Å². The van der Waals surface area contributed by atoms with Crippen LogP contribution in [-0.2, 0) is 21.3 Å². The lowest BCUT2D eigenvalue weighted by Gasteiger charge is -2.11. The summed E-state index contributed by atoms with van der Waals surface area (Å²) < 4.78 is 38.5. The van der Waals surface area contributed by atoms with E-state index < -0.39 is 16.0 Å². The van der Waals surface area contributed by atoms with Gasteiger partial charge in [0.2, 0.25) is 10.0 Å². The van der Waals surface area contributed by atoms with Gasteiger partial charge in [0.05, 0.1) is 10.6 Å². The number of hydrogen-bond acceptors (Lipinski definition) is 5. The minimum atomic E-state index is -3.92. The van der Waals surface area contributed by atoms with Gasteiger partial charge in [-0.05, 0) is 42.8 Å². The lowest BCUT2D eigenvalue weighted by atomic mass is 10.2. The summed E-state index contributed by atoms with van der Waals surface area (Å²) in [5.74, 6) is 0.00898. The molecule has 0 aliphatic rings. The van der Waals surface area contributed by atoms with Crippen LogP contribution in [0.4, 0.5) is 0 Å². The third-order valence-corrected chi connectivity index (χ3v) is 6.25. The minimum absolute atomic E-state index is 0.0137. The summed E-state index contributed by atoms with van der Waals surface area (Å²) in [6, 6.07) is 20.6. The topological polar surface area (TPSA) is 81.7 Å². The summed E-state index contributed by atoms with van der Waals surface area (Å²) in [5, 5.41) is 0.0137. The Hall–Kier alpha value is -2.87. The molecule has 31 heavy (non-hydrogen) atoms. The normalized spacial score (nSPS) is 11.2. The molecule has 8 heteroatoms. The van der Waals surface area contributed by atoms with Crippen molar-refractivity contribution in [1.82, 2.24) is 4.72 Å². The molecule has 0 bridgehead atoms. The average molecular weight is 460 g/mol. The van der Waals surface area contributed by atoms with Crippen molar-refractivity contribution in [2.45, 2.75) is 18.4 Å². The van der Waals surface area contributed by atoms with E-state index in [1.54, 1.807) is 12.1 Å². The van der Waals surface area contributed by atoms with Crippen LogP contribution in [0.5, 0.6) is 5.75 Å². The molecular weight excluding hydrogens is 438 g/mol. The van der Waals surface area contributed by atoms with Gasteiger partial charge >= 0.3 is 5.97 Å². The van der Waals surface area contributed by atoms with Gasteiger partial charge in [0.1, 0.15) is 23.9 Å². The van der Waals surface area contributed by atoms with Crippen LogP contribution in [0.3, 0.4) is 0 Å². The highest BCUT2D eigenvalue weighted by Crippen LogP contribution is 2.23. The van der Waals surface area contributed by atoms with Crippen LogP contribution < -0.4 is 9.46 Å². The van der Waals surface area contributed by atoms with Gasteiger partial charge in [-0.3, -0.25) is 0 Å². The maximum Gasteiger partial charge on any atom is 0.338 e. The molecular formula is C23H22ClNO5S. The number of hydrogen-bond donors (Lipinski definition) is 1. The van der Waals surface area contributed by atoms with Crippen LogP contribution in [-0.4, -0.2) is 27.6 Å². The van der Waals surface area contributed by atoms with Gasteiger partial charge in [-0.25, -0.2) is 17.9 Å². The van der Waals surface area contributed by atoms with Crippen molar-refractivity contribution in [2.75, 3.05) is 13.2 Å². The number of carbonyl (C=O) groups excluding carboxylic acids is 1. The van der Waals surface area contributed by atoms with E-state index in [-0.39, 0.29) is 35.2 Å². The molecule has 0 saturated heterocycles. The number of ether oxygens (including phenoxy) is 2. The second kappa shape index (κ2) is 10.4. The Bertz CT molecular complexity index is 1130. The zero-order chi connectivity index (χ0) is 22.3. The van der Waals surface area contributed by atoms with Crippen LogP contribution in [0, 0.1) is 6.92 Å². The molecule has 3 rings (SSSR count). The third kappa shape index (κ3) is 6.55. The van der Waals surface area contributed by atoms with Crippen molar-refractivity contribution in [1.29, 1.82) is 0 Å². The molecule has 0 spiro atoms. The number of sulfonamides is 1. The fraction of sp³-hybridized carbons (Fsp3) is 0.174. The zero-order valence-electron chi connectivity index (χ0n) is 16.9. The molecule has 0 aliphatic carbocycles. The van der Waals surface area contributed by atoms with E-state index in [0.717, 1.165) is 11.1 Å². The van der Waals surface area contributed by atoms with E-state index in [4.69, 9.17) is 21.1 Å². The molecule has 0 fully saturated rings. The van der Waals surface area contributed by atoms with Crippen molar-refractivity contribution < 1.29 is 22.7 Å². The second-order valence-electron chi connectivity index (χ2n) is 6.75. The number of esters is 1. The predicted octanol–water partition coefficient (Wildman–Crippen LogP) is 4.36. The minimum Gasteiger partial charge on any atom is -0.490 e. The Kier molecular flexibility index (Phi) is 7.68. The quantitative estimate of drug-likeness (QED) is 0.379. The molecule has 0 amide bonds. The molecule has 0 aromatic heterocycles. The lowest BCUT2D eigenvalue weighted by molar-refractivity contribution is 0.0450. The zero-order valence-corrected chi connectivity index (χ0v) is 18.4. The maximum atomic E-state index is 12.7. The summed E-state index contributed by atoms with van der Waals surface area (Å²) >= 11 is 6.08. The van der Waals surface area contributed by atoms with Crippen molar-refractivity contribution in [2.24, 2.45) is 0 Å². The van der Waals surface area contributed by atoms with Crippen LogP contribution >= 0.6 is 11.6 Å². The van der Waals surface area contributed by atoms with Crippen molar-refractivity contribution in [3.05, 3.63) is 94.5 Å². The number of rotatable bonds is 9. The fourth-order valence-corrected chi connectivity index (χ4v) is 4.24. The summed E-state index contributed by atoms with van der Waals surface area (Å²) in [6.07, 6.45) is 0. The van der Waals surface area contributed by atoms with E-state index in [0.29, 0.717) is 5.75 Å². The molecule has 3 aromatic carbocycles. The molecule has 0 heterocycles. The van der Waals surface area contributed by atoms with Crippen LogP contribution in [0.1, 0.15) is 21.5 Å². The Labute approximate surface area is 186 Å². The summed E-state index contributed by atoms with van der Waals surface area (Å²) in [6.45, 7) is 2.27. The van der Waals surface area contributed by atoms with E-state index in [9.17, 15) is 13.2 Å². The van der Waals surface area contributed by atoms with Gasteiger partial charge in [-0.15, -0.1) is 0 Å². The highest BCUT2D eigenvalue weighted by Gasteiger charge is 2.20. The molecule has 0 radical (unpaired) electrons. The first-order valence-corrected chi connectivity index (χ1v) is 11.4. The number of aryl methyl sites for hydroxylation is 1. The first-order valence-electron chi connectivity index (χ1n) is 9.55. The molecule has 0 atom stereocenters. The fourth-order valence-electron chi connectivity index (χ4n) is 2.70. The number of halogens is 1. The van der Waals surface area contributed by atoms with Crippen LogP contribution in [0.15, 0.2) is 77.7 Å². The van der Waals surface area contributed by atoms with Crippen molar-refractivity contribution in [3.63, 3.8) is 0 Å². The van der Waals surface area contributed by atoms with Crippen molar-refractivity contribution in [3.8, 4) is 5.75 Å². The molecule has 3 aromatic rings. The third-order valence-electron chi connectivity index (χ3n) is 4.37. The largest absolute Gasteiger partial charge is 0.490 e. The van der Waals surface area contributed by atoms with Crippen LogP contribution in [0.25, 0.3) is 0 Å². The molecule has 162 valence electrons. The van der Waals surface area contributed by atoms with Gasteiger partial charge in [0.15, 0.2) is 0 Å². The monoisotopic (exact) mass is 459 g/mol. The highest BCUT2D eigenvalue weighted by molar-refractivity contribution is 7.89. The number of benzene rings is 3. The van der Waals surface area contributed by atoms with E-state index in [2.05, 4.69) is 4.72 Å². The molecule has 6 nitrogen and oxygen atoms in total. The first kappa shape index (κ1) is 22.8. The van der Waals surface area contributed by atoms with E-state index >= 15 is 0 Å². The lowest BCUT2D eigenvalue weighted by Crippen LogP contribution is -2.24. The van der Waals surface area contributed by atoms with E-state index in [1.807, 2.05) is 49.4 Å². The summed E-state index contributed by atoms with van der Waals surface area (Å²) in [7, 11) is -3.92. The Morgan fingerprint density at radius 3 is 2.39 bits per heavy atom. The smallest absolute Gasteiger partial charge is 0.338 e. The SMILES string of the molecule is Cc1ccc(OCCOC(=O)c2ccc(Cl)c(S(=O)(=O)NCc3ccccc3)c2)cc1. The Morgan fingerprint density at radius 2 is 1.68 bits per heavy atom. The summed E-state index contributed by atoms with van der Waals surface area (Å²) in [5.41, 5.74) is 2.00. The highest BCUT2D eigenvalue weighted by atomic mass is 35.5. The number of carbonyl (C=O) groups is 1. The average Bonchev–Trinajstić information content (AvgIpc) is 2.77. The Balaban J connectivity index is 1.59. The van der Waals surface area contributed by atoms with Gasteiger partial charge in [0, 0.05) is 6.54 Å².